The molecule has 5 rings (SSSR count). The average molecular weight is 382 g/mol. The highest BCUT2D eigenvalue weighted by molar-refractivity contribution is 5.84. The molecule has 0 unspecified atom stereocenters. The lowest BCUT2D eigenvalue weighted by molar-refractivity contribution is 0.477. The minimum Gasteiger partial charge on any atom is -0.507 e. The average Bonchev–Trinajstić information content (AvgIpc) is 2.73. The summed E-state index contributed by atoms with van der Waals surface area (Å²) in [5.74, 6) is -0.0863. The highest BCUT2D eigenvalue weighted by atomic mass is 19.1. The van der Waals surface area contributed by atoms with Gasteiger partial charge in [0.1, 0.15) is 11.6 Å². The zero-order valence-corrected chi connectivity index (χ0v) is 15.7. The van der Waals surface area contributed by atoms with Gasteiger partial charge in [0.05, 0.1) is 11.4 Å². The number of pyridine rings is 1. The fourth-order valence-electron chi connectivity index (χ4n) is 4.07. The van der Waals surface area contributed by atoms with E-state index in [1.54, 1.807) is 24.3 Å². The van der Waals surface area contributed by atoms with E-state index in [4.69, 9.17) is 10.7 Å². The van der Waals surface area contributed by atoms with Crippen LogP contribution in [-0.2, 0) is 12.8 Å². The Morgan fingerprint density at radius 1 is 0.828 bits per heavy atom. The Balaban J connectivity index is 1.80. The summed E-state index contributed by atoms with van der Waals surface area (Å²) in [7, 11) is 0. The van der Waals surface area contributed by atoms with E-state index in [0.29, 0.717) is 11.3 Å². The summed E-state index contributed by atoms with van der Waals surface area (Å²) in [5, 5.41) is 10.4. The molecule has 0 bridgehead atoms. The van der Waals surface area contributed by atoms with Gasteiger partial charge in [-0.25, -0.2) is 9.37 Å². The van der Waals surface area contributed by atoms with Crippen LogP contribution in [0.15, 0.2) is 72.8 Å². The molecule has 0 saturated heterocycles. The van der Waals surface area contributed by atoms with Gasteiger partial charge in [-0.15, -0.1) is 0 Å². The molecule has 142 valence electrons. The van der Waals surface area contributed by atoms with Crippen LogP contribution in [0.1, 0.15) is 11.1 Å². The van der Waals surface area contributed by atoms with Crippen molar-refractivity contribution in [2.75, 3.05) is 5.73 Å². The van der Waals surface area contributed by atoms with Crippen molar-refractivity contribution < 1.29 is 9.50 Å². The van der Waals surface area contributed by atoms with Gasteiger partial charge in [0, 0.05) is 16.8 Å². The number of halogens is 1. The van der Waals surface area contributed by atoms with Crippen molar-refractivity contribution >= 4 is 5.69 Å². The fourth-order valence-corrected chi connectivity index (χ4v) is 4.07. The highest BCUT2D eigenvalue weighted by Crippen LogP contribution is 2.41. The number of aryl methyl sites for hydroxylation is 1. The topological polar surface area (TPSA) is 59.1 Å². The quantitative estimate of drug-likeness (QED) is 0.443. The van der Waals surface area contributed by atoms with E-state index in [0.717, 1.165) is 46.5 Å². The maximum Gasteiger partial charge on any atom is 0.124 e. The van der Waals surface area contributed by atoms with Gasteiger partial charge < -0.3 is 10.8 Å². The van der Waals surface area contributed by atoms with Crippen molar-refractivity contribution in [1.29, 1.82) is 0 Å². The van der Waals surface area contributed by atoms with Gasteiger partial charge in [-0.2, -0.15) is 0 Å². The molecule has 0 fully saturated rings. The first-order chi connectivity index (χ1) is 14.1. The first-order valence-corrected chi connectivity index (χ1v) is 9.57. The highest BCUT2D eigenvalue weighted by Gasteiger charge is 2.23. The Morgan fingerprint density at radius 3 is 2.41 bits per heavy atom. The van der Waals surface area contributed by atoms with E-state index in [-0.39, 0.29) is 11.6 Å². The van der Waals surface area contributed by atoms with E-state index >= 15 is 0 Å². The monoisotopic (exact) mass is 382 g/mol. The summed E-state index contributed by atoms with van der Waals surface area (Å²) in [6.45, 7) is 0. The molecular weight excluding hydrogens is 363 g/mol. The van der Waals surface area contributed by atoms with Crippen molar-refractivity contribution in [3.63, 3.8) is 0 Å². The molecule has 0 radical (unpaired) electrons. The molecule has 4 heteroatoms. The Bertz CT molecular complexity index is 1220. The lowest BCUT2D eigenvalue weighted by Gasteiger charge is -2.23. The molecule has 0 atom stereocenters. The molecule has 1 aliphatic carbocycles. The van der Waals surface area contributed by atoms with Crippen LogP contribution < -0.4 is 5.73 Å². The number of nitrogens with two attached hydrogens (primary N) is 1. The van der Waals surface area contributed by atoms with Gasteiger partial charge in [-0.3, -0.25) is 0 Å². The van der Waals surface area contributed by atoms with Gasteiger partial charge in [0.25, 0.3) is 0 Å². The number of fused-ring (bicyclic) bond motifs is 3. The van der Waals surface area contributed by atoms with Gasteiger partial charge in [-0.1, -0.05) is 30.3 Å². The normalized spacial score (nSPS) is 12.3. The number of aromatic hydroxyl groups is 1. The van der Waals surface area contributed by atoms with Crippen LogP contribution in [-0.4, -0.2) is 10.1 Å². The number of hydrogen-bond acceptors (Lipinski definition) is 3. The molecule has 3 N–H and O–H groups in total. The Hall–Kier alpha value is -3.66. The molecule has 0 aliphatic heterocycles. The molecular formula is C25H19FN2O. The third-order valence-corrected chi connectivity index (χ3v) is 5.49. The number of rotatable bonds is 2. The van der Waals surface area contributed by atoms with E-state index in [1.807, 2.05) is 36.4 Å². The summed E-state index contributed by atoms with van der Waals surface area (Å²) in [5.41, 5.74) is 14.3. The molecule has 1 heterocycles. The number of nitrogens with zero attached hydrogens (tertiary/aromatic N) is 1. The lowest BCUT2D eigenvalue weighted by atomic mass is 9.84. The van der Waals surface area contributed by atoms with Crippen LogP contribution in [0.2, 0.25) is 0 Å². The van der Waals surface area contributed by atoms with Crippen molar-refractivity contribution in [3.05, 3.63) is 89.7 Å². The molecule has 3 nitrogen and oxygen atoms in total. The van der Waals surface area contributed by atoms with Crippen molar-refractivity contribution in [2.45, 2.75) is 12.8 Å². The van der Waals surface area contributed by atoms with Gasteiger partial charge in [0.15, 0.2) is 0 Å². The standard InChI is InChI=1S/C25H19FN2O/c26-17-8-5-15(6-9-17)22-14-23(21-3-1-2-4-24(21)29)28-25-19-12-10-18(27)13-16(19)7-11-20(22)25/h1-6,8-10,12-14,29H,7,11,27H2. The van der Waals surface area contributed by atoms with Crippen molar-refractivity contribution in [2.24, 2.45) is 0 Å². The smallest absolute Gasteiger partial charge is 0.124 e. The minimum atomic E-state index is -0.265. The number of nitrogen functional groups attached to an aromatic ring is 1. The third kappa shape index (κ3) is 3.03. The Labute approximate surface area is 168 Å². The van der Waals surface area contributed by atoms with Gasteiger partial charge in [-0.05, 0) is 77.6 Å². The van der Waals surface area contributed by atoms with Crippen LogP contribution in [0.5, 0.6) is 5.75 Å². The minimum absolute atomic E-state index is 0.179. The zero-order chi connectivity index (χ0) is 20.0. The summed E-state index contributed by atoms with van der Waals surface area (Å²) >= 11 is 0. The summed E-state index contributed by atoms with van der Waals surface area (Å²) < 4.78 is 13.5. The predicted molar refractivity (Wildman–Crippen MR) is 114 cm³/mol. The van der Waals surface area contributed by atoms with E-state index in [2.05, 4.69) is 0 Å². The number of benzene rings is 3. The maximum absolute atomic E-state index is 13.5. The molecule has 0 saturated carbocycles. The van der Waals surface area contributed by atoms with Crippen LogP contribution >= 0.6 is 0 Å². The number of para-hydroxylation sites is 1. The van der Waals surface area contributed by atoms with E-state index in [1.165, 1.54) is 17.7 Å². The van der Waals surface area contributed by atoms with Crippen molar-refractivity contribution in [3.8, 4) is 39.4 Å². The number of hydrogen-bond donors (Lipinski definition) is 2. The summed E-state index contributed by atoms with van der Waals surface area (Å²) in [6.07, 6.45) is 1.70. The number of phenolic OH excluding ortho intramolecular Hbond substituents is 1. The Morgan fingerprint density at radius 2 is 1.62 bits per heavy atom. The van der Waals surface area contributed by atoms with Crippen LogP contribution in [0.3, 0.4) is 0 Å². The van der Waals surface area contributed by atoms with Gasteiger partial charge >= 0.3 is 0 Å². The number of anilines is 1. The summed E-state index contributed by atoms with van der Waals surface area (Å²) in [4.78, 5) is 4.94. The second-order valence-corrected chi connectivity index (χ2v) is 7.32. The first-order valence-electron chi connectivity index (χ1n) is 9.57. The molecule has 0 amide bonds. The van der Waals surface area contributed by atoms with E-state index in [9.17, 15) is 9.50 Å². The van der Waals surface area contributed by atoms with Crippen LogP contribution in [0.25, 0.3) is 33.6 Å². The number of phenols is 1. The molecule has 29 heavy (non-hydrogen) atoms. The van der Waals surface area contributed by atoms with Crippen molar-refractivity contribution in [1.82, 2.24) is 4.98 Å². The second-order valence-electron chi connectivity index (χ2n) is 7.32. The molecule has 1 aliphatic rings. The van der Waals surface area contributed by atoms with Crippen LogP contribution in [0.4, 0.5) is 10.1 Å². The maximum atomic E-state index is 13.5. The SMILES string of the molecule is Nc1ccc2c(c1)CCc1c(-c3ccc(F)cc3)cc(-c3ccccc3O)nc1-2. The summed E-state index contributed by atoms with van der Waals surface area (Å²) in [6, 6.07) is 21.6. The predicted octanol–water partition coefficient (Wildman–Crippen LogP) is 5.61. The largest absolute Gasteiger partial charge is 0.507 e. The molecule has 1 aromatic heterocycles. The third-order valence-electron chi connectivity index (χ3n) is 5.49. The lowest BCUT2D eigenvalue weighted by Crippen LogP contribution is -2.09. The van der Waals surface area contributed by atoms with Gasteiger partial charge in [0.2, 0.25) is 0 Å². The zero-order valence-electron chi connectivity index (χ0n) is 15.7. The Kier molecular flexibility index (Phi) is 4.06. The number of aromatic nitrogens is 1. The van der Waals surface area contributed by atoms with Crippen LogP contribution in [0, 0.1) is 5.82 Å². The van der Waals surface area contributed by atoms with E-state index < -0.39 is 0 Å². The fraction of sp³-hybridized carbons (Fsp3) is 0.0800. The molecule has 3 aromatic carbocycles. The molecule has 0 spiro atoms. The first kappa shape index (κ1) is 17.4. The molecule has 4 aromatic rings. The second kappa shape index (κ2) is 6.74.